The van der Waals surface area contributed by atoms with Crippen molar-refractivity contribution in [1.82, 2.24) is 4.98 Å². The number of ether oxygens (including phenoxy) is 2. The Labute approximate surface area is 209 Å². The van der Waals surface area contributed by atoms with E-state index < -0.39 is 17.7 Å². The first-order valence-corrected chi connectivity index (χ1v) is 12.5. The number of aromatic nitrogens is 1. The third-order valence-corrected chi connectivity index (χ3v) is 7.91. The molecule has 0 aliphatic carbocycles. The summed E-state index contributed by atoms with van der Waals surface area (Å²) >= 11 is 2.70. The van der Waals surface area contributed by atoms with E-state index in [2.05, 4.69) is 4.98 Å². The maximum absolute atomic E-state index is 13.4. The molecular formula is C26H22N2O5S2. The number of carbonyl (C=O) groups is 2. The minimum absolute atomic E-state index is 0.00867. The van der Waals surface area contributed by atoms with E-state index in [9.17, 15) is 14.7 Å². The lowest BCUT2D eigenvalue weighted by molar-refractivity contribution is -0.132. The number of thiazole rings is 1. The summed E-state index contributed by atoms with van der Waals surface area (Å²) in [6, 6.07) is 12.0. The number of aliphatic hydroxyl groups excluding tert-OH is 1. The fraction of sp³-hybridized carbons (Fsp3) is 0.192. The molecule has 1 unspecified atom stereocenters. The van der Waals surface area contributed by atoms with E-state index in [1.54, 1.807) is 19.2 Å². The third kappa shape index (κ3) is 3.77. The van der Waals surface area contributed by atoms with E-state index in [4.69, 9.17) is 9.47 Å². The van der Waals surface area contributed by atoms with Crippen molar-refractivity contribution in [1.29, 1.82) is 0 Å². The number of aliphatic hydroxyl groups is 1. The Bertz CT molecular complexity index is 1500. The predicted octanol–water partition coefficient (Wildman–Crippen LogP) is 5.62. The number of hydrogen-bond donors (Lipinski definition) is 1. The Kier molecular flexibility index (Phi) is 5.82. The number of aryl methyl sites for hydroxylation is 2. The van der Waals surface area contributed by atoms with E-state index in [0.29, 0.717) is 22.0 Å². The van der Waals surface area contributed by atoms with Gasteiger partial charge in [-0.3, -0.25) is 14.5 Å². The number of Topliss-reactive ketones (excluding diaryl/α,β-unsaturated/α-hetero) is 1. The first-order chi connectivity index (χ1) is 16.8. The fourth-order valence-corrected chi connectivity index (χ4v) is 6.09. The van der Waals surface area contributed by atoms with Gasteiger partial charge in [0.2, 0.25) is 0 Å². The second kappa shape index (κ2) is 8.83. The van der Waals surface area contributed by atoms with Gasteiger partial charge in [-0.05, 0) is 55.1 Å². The number of nitrogens with zero attached hydrogens (tertiary/aromatic N) is 2. The van der Waals surface area contributed by atoms with Crippen LogP contribution in [0.4, 0.5) is 5.13 Å². The van der Waals surface area contributed by atoms with Crippen LogP contribution in [0.25, 0.3) is 16.0 Å². The second-order valence-electron chi connectivity index (χ2n) is 8.17. The van der Waals surface area contributed by atoms with Crippen molar-refractivity contribution in [2.75, 3.05) is 19.1 Å². The number of rotatable bonds is 5. The summed E-state index contributed by atoms with van der Waals surface area (Å²) in [6.45, 7) is 3.80. The van der Waals surface area contributed by atoms with Crippen LogP contribution < -0.4 is 14.4 Å². The molecule has 0 radical (unpaired) electrons. The summed E-state index contributed by atoms with van der Waals surface area (Å²) in [5, 5.41) is 13.6. The molecule has 0 bridgehead atoms. The molecule has 0 spiro atoms. The van der Waals surface area contributed by atoms with Gasteiger partial charge < -0.3 is 14.6 Å². The molecule has 1 atom stereocenters. The maximum atomic E-state index is 13.4. The van der Waals surface area contributed by atoms with Crippen molar-refractivity contribution in [3.63, 3.8) is 0 Å². The summed E-state index contributed by atoms with van der Waals surface area (Å²) in [7, 11) is 3.10. The van der Waals surface area contributed by atoms with Crippen LogP contribution in [-0.4, -0.2) is 36.0 Å². The van der Waals surface area contributed by atoms with Gasteiger partial charge in [0, 0.05) is 4.88 Å². The van der Waals surface area contributed by atoms with Gasteiger partial charge >= 0.3 is 5.91 Å². The molecule has 1 N–H and O–H groups in total. The average molecular weight is 507 g/mol. The van der Waals surface area contributed by atoms with Crippen LogP contribution in [0.2, 0.25) is 0 Å². The van der Waals surface area contributed by atoms with Crippen molar-refractivity contribution in [2.24, 2.45) is 0 Å². The highest BCUT2D eigenvalue weighted by Crippen LogP contribution is 2.46. The zero-order valence-electron chi connectivity index (χ0n) is 19.5. The van der Waals surface area contributed by atoms with Gasteiger partial charge in [-0.15, -0.1) is 11.3 Å². The van der Waals surface area contributed by atoms with Gasteiger partial charge in [0.1, 0.15) is 23.3 Å². The molecule has 1 amide bonds. The van der Waals surface area contributed by atoms with Gasteiger partial charge in [0.15, 0.2) is 5.13 Å². The minimum atomic E-state index is -0.816. The molecule has 2 aromatic heterocycles. The van der Waals surface area contributed by atoms with Crippen LogP contribution in [0.5, 0.6) is 11.5 Å². The molecule has 0 saturated carbocycles. The molecule has 1 aliphatic heterocycles. The third-order valence-electron chi connectivity index (χ3n) is 5.97. The molecule has 7 nitrogen and oxygen atoms in total. The Hall–Kier alpha value is -3.69. The molecule has 5 rings (SSSR count). The number of anilines is 1. The zero-order valence-corrected chi connectivity index (χ0v) is 21.1. The molecule has 2 aromatic carbocycles. The SMILES string of the molecule is COc1cc2sc(N3C(=O)C(=O)/C(=C(/O)c4cc(C)ccc4OC)C3c3cccs3)nc2cc1C. The highest BCUT2D eigenvalue weighted by molar-refractivity contribution is 7.22. The largest absolute Gasteiger partial charge is 0.507 e. The summed E-state index contributed by atoms with van der Waals surface area (Å²) in [5.41, 5.74) is 2.87. The van der Waals surface area contributed by atoms with Crippen molar-refractivity contribution in [3.8, 4) is 11.5 Å². The quantitative estimate of drug-likeness (QED) is 0.215. The Balaban J connectivity index is 1.73. The Morgan fingerprint density at radius 1 is 1.06 bits per heavy atom. The first-order valence-electron chi connectivity index (χ1n) is 10.8. The number of ketones is 1. The topological polar surface area (TPSA) is 89.0 Å². The lowest BCUT2D eigenvalue weighted by atomic mass is 9.98. The first kappa shape index (κ1) is 23.1. The van der Waals surface area contributed by atoms with Crippen molar-refractivity contribution in [3.05, 3.63) is 75.0 Å². The molecule has 1 aliphatic rings. The molecule has 178 valence electrons. The van der Waals surface area contributed by atoms with Crippen molar-refractivity contribution >= 4 is 55.5 Å². The molecule has 4 aromatic rings. The van der Waals surface area contributed by atoms with Gasteiger partial charge in [-0.1, -0.05) is 29.0 Å². The lowest BCUT2D eigenvalue weighted by Crippen LogP contribution is -2.28. The minimum Gasteiger partial charge on any atom is -0.507 e. The van der Waals surface area contributed by atoms with E-state index in [-0.39, 0.29) is 11.3 Å². The number of carbonyl (C=O) groups excluding carboxylic acids is 2. The van der Waals surface area contributed by atoms with Crippen LogP contribution in [0.1, 0.15) is 27.6 Å². The van der Waals surface area contributed by atoms with Gasteiger partial charge in [0.25, 0.3) is 5.78 Å². The number of hydrogen-bond acceptors (Lipinski definition) is 8. The number of amides is 1. The number of fused-ring (bicyclic) bond motifs is 1. The molecule has 1 saturated heterocycles. The standard InChI is InChI=1S/C26H22N2O5S2/c1-13-7-8-17(32-3)15(10-13)23(29)21-22(19-6-5-9-34-19)28(25(31)24(21)30)26-27-16-11-14(2)18(33-4)12-20(16)35-26/h5-12,22,29H,1-4H3/b23-21+. The zero-order chi connectivity index (χ0) is 24.9. The Morgan fingerprint density at radius 3 is 2.51 bits per heavy atom. The molecule has 3 heterocycles. The summed E-state index contributed by atoms with van der Waals surface area (Å²) in [6.07, 6.45) is 0. The predicted molar refractivity (Wildman–Crippen MR) is 138 cm³/mol. The average Bonchev–Trinajstić information content (AvgIpc) is 3.57. The van der Waals surface area contributed by atoms with Crippen LogP contribution in [-0.2, 0) is 9.59 Å². The van der Waals surface area contributed by atoms with E-state index in [1.807, 2.05) is 49.6 Å². The van der Waals surface area contributed by atoms with Gasteiger partial charge in [-0.2, -0.15) is 0 Å². The van der Waals surface area contributed by atoms with Crippen molar-refractivity contribution < 1.29 is 24.2 Å². The van der Waals surface area contributed by atoms with E-state index >= 15 is 0 Å². The fourth-order valence-electron chi connectivity index (χ4n) is 4.27. The summed E-state index contributed by atoms with van der Waals surface area (Å²) < 4.78 is 11.7. The lowest BCUT2D eigenvalue weighted by Gasteiger charge is -2.21. The summed E-state index contributed by atoms with van der Waals surface area (Å²) in [4.78, 5) is 33.6. The van der Waals surface area contributed by atoms with Gasteiger partial charge in [-0.25, -0.2) is 4.98 Å². The monoisotopic (exact) mass is 506 g/mol. The second-order valence-corrected chi connectivity index (χ2v) is 10.2. The molecular weight excluding hydrogens is 484 g/mol. The number of thiophene rings is 1. The number of benzene rings is 2. The number of methoxy groups -OCH3 is 2. The smallest absolute Gasteiger partial charge is 0.301 e. The maximum Gasteiger partial charge on any atom is 0.301 e. The van der Waals surface area contributed by atoms with E-state index in [0.717, 1.165) is 26.5 Å². The van der Waals surface area contributed by atoms with Gasteiger partial charge in [0.05, 0.1) is 35.6 Å². The molecule has 35 heavy (non-hydrogen) atoms. The molecule has 9 heteroatoms. The van der Waals surface area contributed by atoms with Crippen LogP contribution >= 0.6 is 22.7 Å². The highest BCUT2D eigenvalue weighted by Gasteiger charge is 2.48. The van der Waals surface area contributed by atoms with Crippen LogP contribution in [0, 0.1) is 13.8 Å². The van der Waals surface area contributed by atoms with Crippen LogP contribution in [0.15, 0.2) is 53.4 Å². The normalized spacial score (nSPS) is 17.4. The van der Waals surface area contributed by atoms with E-state index in [1.165, 1.54) is 34.7 Å². The summed E-state index contributed by atoms with van der Waals surface area (Å²) in [5.74, 6) is -0.650. The Morgan fingerprint density at radius 2 is 1.83 bits per heavy atom. The van der Waals surface area contributed by atoms with Crippen molar-refractivity contribution in [2.45, 2.75) is 19.9 Å². The highest BCUT2D eigenvalue weighted by atomic mass is 32.1. The van der Waals surface area contributed by atoms with Crippen LogP contribution in [0.3, 0.4) is 0 Å². The molecule has 1 fully saturated rings.